The molecule has 0 aliphatic heterocycles. The molecular formula is C37H60O9. The normalized spacial score (nSPS) is 14.0. The van der Waals surface area contributed by atoms with Crippen LogP contribution in [0.15, 0.2) is 0 Å². The van der Waals surface area contributed by atoms with E-state index in [4.69, 9.17) is 19.7 Å². The van der Waals surface area contributed by atoms with Crippen LogP contribution in [0, 0.1) is 38.5 Å². The zero-order valence-electron chi connectivity index (χ0n) is 29.6. The van der Waals surface area contributed by atoms with Crippen molar-refractivity contribution < 1.29 is 44.0 Å². The third-order valence-electron chi connectivity index (χ3n) is 9.03. The second kappa shape index (κ2) is 20.3. The standard InChI is InChI=1S/C37H60O9/c1-24(2)12-9-13-25(3)14-10-15-26(4)16-11-22-37(8,44)23-21-30-29(7)35(45-33(42)19-17-31(38)39)27(5)28(6)36(30)46-34(43)20-18-32(40)41/h24-26,44H,9-23H2,1-8H3,(H,38,39)(H,40,41)/t25-,26-,37?/m1/s1. The summed E-state index contributed by atoms with van der Waals surface area (Å²) >= 11 is 0. The monoisotopic (exact) mass is 648 g/mol. The second-order valence-electron chi connectivity index (χ2n) is 14.1. The van der Waals surface area contributed by atoms with Gasteiger partial charge in [0.25, 0.3) is 0 Å². The van der Waals surface area contributed by atoms with Gasteiger partial charge in [-0.25, -0.2) is 0 Å². The van der Waals surface area contributed by atoms with Crippen LogP contribution in [-0.2, 0) is 25.6 Å². The third-order valence-corrected chi connectivity index (χ3v) is 9.03. The summed E-state index contributed by atoms with van der Waals surface area (Å²) in [5, 5.41) is 29.2. The minimum atomic E-state index is -1.11. The molecule has 0 saturated heterocycles. The average Bonchev–Trinajstić information content (AvgIpc) is 2.95. The molecule has 0 aliphatic rings. The molecule has 9 heteroatoms. The van der Waals surface area contributed by atoms with Crippen molar-refractivity contribution in [1.82, 2.24) is 0 Å². The van der Waals surface area contributed by atoms with Crippen LogP contribution in [0.1, 0.15) is 147 Å². The molecular weight excluding hydrogens is 588 g/mol. The fourth-order valence-corrected chi connectivity index (χ4v) is 5.82. The number of rotatable bonds is 23. The first-order chi connectivity index (χ1) is 21.4. The van der Waals surface area contributed by atoms with E-state index in [9.17, 15) is 24.3 Å². The number of carboxylic acids is 2. The first kappa shape index (κ1) is 41.1. The molecule has 3 atom stereocenters. The Kier molecular flexibility index (Phi) is 18.2. The summed E-state index contributed by atoms with van der Waals surface area (Å²) in [6.45, 7) is 16.2. The van der Waals surface area contributed by atoms with Crippen molar-refractivity contribution in [2.24, 2.45) is 17.8 Å². The van der Waals surface area contributed by atoms with Gasteiger partial charge in [0.15, 0.2) is 0 Å². The lowest BCUT2D eigenvalue weighted by molar-refractivity contribution is -0.142. The Morgan fingerprint density at radius 2 is 1.07 bits per heavy atom. The quantitative estimate of drug-likeness (QED) is 0.0787. The van der Waals surface area contributed by atoms with Gasteiger partial charge < -0.3 is 24.8 Å². The maximum Gasteiger partial charge on any atom is 0.311 e. The Hall–Kier alpha value is -2.94. The van der Waals surface area contributed by atoms with Crippen LogP contribution in [0.2, 0.25) is 0 Å². The highest BCUT2D eigenvalue weighted by Gasteiger charge is 2.27. The van der Waals surface area contributed by atoms with E-state index >= 15 is 0 Å². The first-order valence-electron chi connectivity index (χ1n) is 17.1. The minimum absolute atomic E-state index is 0.274. The van der Waals surface area contributed by atoms with Crippen molar-refractivity contribution in [3.05, 3.63) is 22.3 Å². The molecule has 46 heavy (non-hydrogen) atoms. The molecule has 0 fully saturated rings. The fraction of sp³-hybridized carbons (Fsp3) is 0.730. The molecule has 0 saturated carbocycles. The highest BCUT2D eigenvalue weighted by Crippen LogP contribution is 2.40. The minimum Gasteiger partial charge on any atom is -0.481 e. The molecule has 9 nitrogen and oxygen atoms in total. The number of benzene rings is 1. The predicted octanol–water partition coefficient (Wildman–Crippen LogP) is 8.27. The van der Waals surface area contributed by atoms with Crippen LogP contribution < -0.4 is 9.47 Å². The second-order valence-corrected chi connectivity index (χ2v) is 14.1. The van der Waals surface area contributed by atoms with Crippen LogP contribution in [-0.4, -0.2) is 44.8 Å². The summed E-state index contributed by atoms with van der Waals surface area (Å²) < 4.78 is 11.3. The molecule has 0 bridgehead atoms. The van der Waals surface area contributed by atoms with Crippen molar-refractivity contribution in [3.63, 3.8) is 0 Å². The average molecular weight is 649 g/mol. The highest BCUT2D eigenvalue weighted by molar-refractivity contribution is 5.81. The lowest BCUT2D eigenvalue weighted by Crippen LogP contribution is -2.25. The van der Waals surface area contributed by atoms with Gasteiger partial charge in [0.05, 0.1) is 31.3 Å². The van der Waals surface area contributed by atoms with E-state index in [0.29, 0.717) is 47.4 Å². The number of carboxylic acid groups (broad SMARTS) is 2. The van der Waals surface area contributed by atoms with Crippen molar-refractivity contribution >= 4 is 23.9 Å². The summed E-state index contributed by atoms with van der Waals surface area (Å²) in [4.78, 5) is 46.9. The Labute approximate surface area is 276 Å². The van der Waals surface area contributed by atoms with Gasteiger partial charge in [0, 0.05) is 5.56 Å². The first-order valence-corrected chi connectivity index (χ1v) is 17.1. The maximum atomic E-state index is 12.6. The van der Waals surface area contributed by atoms with Gasteiger partial charge in [-0.05, 0) is 81.4 Å². The topological polar surface area (TPSA) is 147 Å². The molecule has 0 spiro atoms. The zero-order chi connectivity index (χ0) is 35.0. The van der Waals surface area contributed by atoms with Gasteiger partial charge in [-0.3, -0.25) is 19.2 Å². The molecule has 1 aromatic rings. The van der Waals surface area contributed by atoms with Crippen molar-refractivity contribution in [1.29, 1.82) is 0 Å². The highest BCUT2D eigenvalue weighted by atomic mass is 16.5. The number of hydrogen-bond donors (Lipinski definition) is 3. The summed E-state index contributed by atoms with van der Waals surface area (Å²) in [6, 6.07) is 0. The largest absolute Gasteiger partial charge is 0.481 e. The van der Waals surface area contributed by atoms with E-state index in [0.717, 1.165) is 24.7 Å². The number of aliphatic hydroxyl groups is 1. The number of aliphatic carboxylic acids is 2. The number of carbonyl (C=O) groups is 4. The van der Waals surface area contributed by atoms with Crippen LogP contribution >= 0.6 is 0 Å². The van der Waals surface area contributed by atoms with E-state index in [-0.39, 0.29) is 37.2 Å². The predicted molar refractivity (Wildman–Crippen MR) is 179 cm³/mol. The van der Waals surface area contributed by atoms with Crippen LogP contribution in [0.3, 0.4) is 0 Å². The van der Waals surface area contributed by atoms with Crippen molar-refractivity contribution in [2.45, 2.75) is 157 Å². The zero-order valence-corrected chi connectivity index (χ0v) is 29.6. The Balaban J connectivity index is 2.93. The van der Waals surface area contributed by atoms with Gasteiger partial charge in [0.2, 0.25) is 0 Å². The molecule has 3 N–H and O–H groups in total. The molecule has 262 valence electrons. The molecule has 0 heterocycles. The molecule has 0 aromatic heterocycles. The van der Waals surface area contributed by atoms with Crippen molar-refractivity contribution in [3.8, 4) is 11.5 Å². The number of hydrogen-bond acceptors (Lipinski definition) is 7. The third kappa shape index (κ3) is 16.1. The van der Waals surface area contributed by atoms with E-state index in [1.807, 2.05) is 0 Å². The smallest absolute Gasteiger partial charge is 0.311 e. The maximum absolute atomic E-state index is 12.6. The lowest BCUT2D eigenvalue weighted by atomic mass is 9.86. The summed E-state index contributed by atoms with van der Waals surface area (Å²) in [5.74, 6) is -0.939. The summed E-state index contributed by atoms with van der Waals surface area (Å²) in [5.41, 5.74) is 1.25. The molecule has 0 amide bonds. The molecule has 1 aromatic carbocycles. The fourth-order valence-electron chi connectivity index (χ4n) is 5.82. The molecule has 1 rings (SSSR count). The van der Waals surface area contributed by atoms with E-state index in [2.05, 4.69) is 27.7 Å². The molecule has 0 radical (unpaired) electrons. The number of ether oxygens (including phenoxy) is 2. The van der Waals surface area contributed by atoms with Crippen molar-refractivity contribution in [2.75, 3.05) is 0 Å². The van der Waals surface area contributed by atoms with Crippen LogP contribution in [0.4, 0.5) is 0 Å². The SMILES string of the molecule is Cc1c(C)c(OC(=O)CCC(=O)O)c(CCC(C)(O)CCC[C@H](C)CCC[C@H](C)CCCC(C)C)c(C)c1OC(=O)CCC(=O)O. The van der Waals surface area contributed by atoms with Crippen LogP contribution in [0.25, 0.3) is 0 Å². The molecule has 0 aliphatic carbocycles. The van der Waals surface area contributed by atoms with Gasteiger partial charge >= 0.3 is 23.9 Å². The van der Waals surface area contributed by atoms with Crippen LogP contribution in [0.5, 0.6) is 11.5 Å². The Bertz CT molecular complexity index is 1150. The van der Waals surface area contributed by atoms with Gasteiger partial charge in [0.1, 0.15) is 11.5 Å². The van der Waals surface area contributed by atoms with Gasteiger partial charge in [-0.2, -0.15) is 0 Å². The Morgan fingerprint density at radius 3 is 1.54 bits per heavy atom. The lowest BCUT2D eigenvalue weighted by Gasteiger charge is -2.26. The summed E-state index contributed by atoms with van der Waals surface area (Å²) in [6.07, 6.45) is 9.46. The number of carbonyl (C=O) groups excluding carboxylic acids is 2. The van der Waals surface area contributed by atoms with E-state index < -0.39 is 29.5 Å². The number of esters is 2. The van der Waals surface area contributed by atoms with Gasteiger partial charge in [-0.1, -0.05) is 79.1 Å². The van der Waals surface area contributed by atoms with Gasteiger partial charge in [-0.15, -0.1) is 0 Å². The van der Waals surface area contributed by atoms with E-state index in [1.165, 1.54) is 38.5 Å². The summed E-state index contributed by atoms with van der Waals surface area (Å²) in [7, 11) is 0. The van der Waals surface area contributed by atoms with E-state index in [1.54, 1.807) is 27.7 Å². The Morgan fingerprint density at radius 1 is 0.630 bits per heavy atom. The molecule has 1 unspecified atom stereocenters.